The second kappa shape index (κ2) is 9.73. The first-order chi connectivity index (χ1) is 16.9. The minimum absolute atomic E-state index is 0.0886. The van der Waals surface area contributed by atoms with E-state index in [0.29, 0.717) is 11.8 Å². The molecule has 2 aromatic carbocycles. The summed E-state index contributed by atoms with van der Waals surface area (Å²) in [7, 11) is 0. The molecule has 180 valence electrons. The van der Waals surface area contributed by atoms with Crippen molar-refractivity contribution in [2.24, 2.45) is 0 Å². The number of aromatic nitrogens is 3. The van der Waals surface area contributed by atoms with Crippen LogP contribution in [0.15, 0.2) is 66.1 Å². The number of anilines is 2. The zero-order valence-corrected chi connectivity index (χ0v) is 19.9. The maximum absolute atomic E-state index is 14.0. The molecule has 1 unspecified atom stereocenters. The molecule has 1 N–H and O–H groups in total. The van der Waals surface area contributed by atoms with Gasteiger partial charge in [-0.15, -0.1) is 0 Å². The number of benzene rings is 2. The van der Waals surface area contributed by atoms with E-state index >= 15 is 0 Å². The van der Waals surface area contributed by atoms with E-state index in [9.17, 15) is 13.3 Å². The summed E-state index contributed by atoms with van der Waals surface area (Å²) in [6, 6.07) is 10.6. The molecule has 4 aromatic rings. The highest BCUT2D eigenvalue weighted by atomic mass is 32.2. The molecule has 5 rings (SSSR count). The molecule has 0 saturated carbocycles. The highest BCUT2D eigenvalue weighted by Crippen LogP contribution is 2.31. The van der Waals surface area contributed by atoms with Gasteiger partial charge in [0.2, 0.25) is 4.90 Å². The smallest absolute Gasteiger partial charge is 0.215 e. The first-order valence-electron chi connectivity index (χ1n) is 11.1. The topological polar surface area (TPSA) is 86.2 Å². The Morgan fingerprint density at radius 2 is 1.80 bits per heavy atom. The number of ether oxygens (including phenoxy) is 1. The van der Waals surface area contributed by atoms with Gasteiger partial charge >= 0.3 is 0 Å². The number of pyridine rings is 1. The monoisotopic (exact) mass is 495 g/mol. The zero-order valence-electron chi connectivity index (χ0n) is 19.1. The molecule has 1 aliphatic heterocycles. The number of morpholine rings is 1. The van der Waals surface area contributed by atoms with Crippen molar-refractivity contribution in [3.05, 3.63) is 72.8 Å². The summed E-state index contributed by atoms with van der Waals surface area (Å²) in [4.78, 5) is 15.3. The molecule has 3 heterocycles. The number of hydrogen-bond acceptors (Lipinski definition) is 7. The summed E-state index contributed by atoms with van der Waals surface area (Å²) >= 11 is -1.93. The maximum Gasteiger partial charge on any atom is 0.215 e. The summed E-state index contributed by atoms with van der Waals surface area (Å²) in [5.41, 5.74) is 2.90. The number of hydrogen-bond donors (Lipinski definition) is 1. The van der Waals surface area contributed by atoms with E-state index in [2.05, 4.69) is 24.6 Å². The normalized spacial score (nSPS) is 19.1. The molecule has 1 saturated heterocycles. The fraction of sp³-hybridized carbons (Fsp3) is 0.240. The second-order valence-corrected chi connectivity index (χ2v) is 9.68. The van der Waals surface area contributed by atoms with Crippen molar-refractivity contribution >= 4 is 33.8 Å². The lowest BCUT2D eigenvalue weighted by Gasteiger charge is -2.36. The Bertz CT molecular complexity index is 1370. The van der Waals surface area contributed by atoms with Gasteiger partial charge < -0.3 is 14.2 Å². The number of nitrogens with one attached hydrogen (secondary N) is 1. The molecule has 1 fully saturated rings. The summed E-state index contributed by atoms with van der Waals surface area (Å²) in [6.07, 6.45) is 4.93. The lowest BCUT2D eigenvalue weighted by Crippen LogP contribution is -2.45. The lowest BCUT2D eigenvalue weighted by atomic mass is 10.0. The lowest BCUT2D eigenvalue weighted by molar-refractivity contribution is -0.00537. The van der Waals surface area contributed by atoms with Crippen LogP contribution >= 0.6 is 0 Å². The third kappa shape index (κ3) is 5.04. The SMILES string of the molecule is C[C@@H]1CN(c2ncnc3ccc(-c4cncc(N[S+]([O-])c5ccc(F)cc5F)c4)cc23)C[C@H](C)O1. The molecule has 3 atom stereocenters. The Kier molecular flexibility index (Phi) is 6.50. The maximum atomic E-state index is 14.0. The van der Waals surface area contributed by atoms with Gasteiger partial charge in [-0.05, 0) is 43.7 Å². The van der Waals surface area contributed by atoms with Crippen molar-refractivity contribution in [3.63, 3.8) is 0 Å². The van der Waals surface area contributed by atoms with E-state index in [1.807, 2.05) is 32.0 Å². The second-order valence-electron chi connectivity index (χ2n) is 8.50. The standard InChI is InChI=1S/C25H23F2N5O2S/c1-15-12-32(13-16(2)34-15)25-21-8-17(3-5-23(21)29-14-30-25)18-7-20(11-28-10-18)31-35(33)24-6-4-19(26)9-22(24)27/h3-11,14-16,31H,12-13H2,1-2H3/t15-,16+,35?. The van der Waals surface area contributed by atoms with E-state index in [1.54, 1.807) is 18.6 Å². The van der Waals surface area contributed by atoms with Crippen molar-refractivity contribution < 1.29 is 18.1 Å². The molecule has 0 bridgehead atoms. The van der Waals surface area contributed by atoms with Crippen LogP contribution in [0.1, 0.15) is 13.8 Å². The fourth-order valence-electron chi connectivity index (χ4n) is 4.27. The van der Waals surface area contributed by atoms with E-state index in [-0.39, 0.29) is 17.1 Å². The predicted octanol–water partition coefficient (Wildman–Crippen LogP) is 4.72. The first-order valence-corrected chi connectivity index (χ1v) is 12.3. The molecule has 0 spiro atoms. The third-order valence-corrected chi connectivity index (χ3v) is 6.86. The van der Waals surface area contributed by atoms with Crippen LogP contribution in [0.4, 0.5) is 20.3 Å². The summed E-state index contributed by atoms with van der Waals surface area (Å²) in [6.45, 7) is 5.55. The molecule has 35 heavy (non-hydrogen) atoms. The van der Waals surface area contributed by atoms with Crippen LogP contribution in [0.3, 0.4) is 0 Å². The minimum atomic E-state index is -1.93. The highest BCUT2D eigenvalue weighted by Gasteiger charge is 2.25. The van der Waals surface area contributed by atoms with Crippen LogP contribution in [-0.4, -0.2) is 44.8 Å². The molecule has 2 aromatic heterocycles. The number of halogens is 2. The van der Waals surface area contributed by atoms with Gasteiger partial charge in [0.15, 0.2) is 5.82 Å². The van der Waals surface area contributed by atoms with Crippen LogP contribution in [0.25, 0.3) is 22.0 Å². The highest BCUT2D eigenvalue weighted by molar-refractivity contribution is 7.92. The number of fused-ring (bicyclic) bond motifs is 1. The number of rotatable bonds is 5. The van der Waals surface area contributed by atoms with E-state index in [0.717, 1.165) is 53.1 Å². The van der Waals surface area contributed by atoms with E-state index in [1.165, 1.54) is 6.20 Å². The van der Waals surface area contributed by atoms with Crippen molar-refractivity contribution in [1.82, 2.24) is 15.0 Å². The Labute approximate surface area is 204 Å². The summed E-state index contributed by atoms with van der Waals surface area (Å²) < 4.78 is 48.4. The third-order valence-electron chi connectivity index (χ3n) is 5.71. The quantitative estimate of drug-likeness (QED) is 0.401. The Hall–Kier alpha value is -3.34. The Morgan fingerprint density at radius 1 is 1.00 bits per heavy atom. The van der Waals surface area contributed by atoms with Crippen molar-refractivity contribution in [3.8, 4) is 11.1 Å². The van der Waals surface area contributed by atoms with Gasteiger partial charge in [-0.25, -0.2) is 23.5 Å². The average Bonchev–Trinajstić information content (AvgIpc) is 2.83. The van der Waals surface area contributed by atoms with Gasteiger partial charge in [0.05, 0.1) is 23.9 Å². The molecule has 10 heteroatoms. The van der Waals surface area contributed by atoms with Crippen molar-refractivity contribution in [2.75, 3.05) is 22.7 Å². The molecule has 0 amide bonds. The largest absolute Gasteiger partial charge is 0.588 e. The molecule has 0 radical (unpaired) electrons. The van der Waals surface area contributed by atoms with Crippen LogP contribution in [0, 0.1) is 11.6 Å². The van der Waals surface area contributed by atoms with Crippen molar-refractivity contribution in [1.29, 1.82) is 0 Å². The fourth-order valence-corrected chi connectivity index (χ4v) is 5.13. The van der Waals surface area contributed by atoms with Crippen molar-refractivity contribution in [2.45, 2.75) is 31.0 Å². The van der Waals surface area contributed by atoms with E-state index < -0.39 is 23.0 Å². The van der Waals surface area contributed by atoms with Gasteiger partial charge in [-0.2, -0.15) is 0 Å². The first kappa shape index (κ1) is 23.4. The van der Waals surface area contributed by atoms with Crippen LogP contribution in [0.5, 0.6) is 0 Å². The predicted molar refractivity (Wildman–Crippen MR) is 131 cm³/mol. The van der Waals surface area contributed by atoms with Gasteiger partial charge in [0.25, 0.3) is 0 Å². The molecular formula is C25H23F2N5O2S. The van der Waals surface area contributed by atoms with E-state index in [4.69, 9.17) is 4.74 Å². The van der Waals surface area contributed by atoms with Crippen LogP contribution < -0.4 is 9.62 Å². The van der Waals surface area contributed by atoms with Crippen LogP contribution in [0.2, 0.25) is 0 Å². The molecular weight excluding hydrogens is 472 g/mol. The Balaban J connectivity index is 1.45. The van der Waals surface area contributed by atoms with Gasteiger partial charge in [-0.1, -0.05) is 6.07 Å². The average molecular weight is 496 g/mol. The molecule has 7 nitrogen and oxygen atoms in total. The van der Waals surface area contributed by atoms with Gasteiger partial charge in [0, 0.05) is 42.4 Å². The minimum Gasteiger partial charge on any atom is -0.588 e. The zero-order chi connectivity index (χ0) is 24.5. The van der Waals surface area contributed by atoms with Crippen LogP contribution in [-0.2, 0) is 16.1 Å². The summed E-state index contributed by atoms with van der Waals surface area (Å²) in [5.74, 6) is -0.768. The van der Waals surface area contributed by atoms with Gasteiger partial charge in [-0.3, -0.25) is 4.98 Å². The number of nitrogens with zero attached hydrogens (tertiary/aromatic N) is 4. The Morgan fingerprint density at radius 3 is 2.57 bits per heavy atom. The summed E-state index contributed by atoms with van der Waals surface area (Å²) in [5, 5.41) is 0.904. The molecule has 1 aliphatic rings. The molecule has 0 aliphatic carbocycles. The van der Waals surface area contributed by atoms with Gasteiger partial charge in [0.1, 0.15) is 35.0 Å².